The number of amides is 1. The number of hydrogen-bond acceptors (Lipinski definition) is 6. The van der Waals surface area contributed by atoms with Crippen molar-refractivity contribution in [3.8, 4) is 0 Å². The molecule has 2 saturated heterocycles. The zero-order valence-electron chi connectivity index (χ0n) is 15.8. The van der Waals surface area contributed by atoms with Crippen LogP contribution in [0, 0.1) is 0 Å². The molecule has 0 atom stereocenters. The predicted molar refractivity (Wildman–Crippen MR) is 113 cm³/mol. The molecule has 3 rings (SSSR count). The molecule has 11 heteroatoms. The Hall–Kier alpha value is -1.10. The van der Waals surface area contributed by atoms with Crippen LogP contribution in [0.2, 0.25) is 0 Å². The second-order valence-electron chi connectivity index (χ2n) is 6.77. The van der Waals surface area contributed by atoms with E-state index in [0.717, 1.165) is 18.8 Å². The summed E-state index contributed by atoms with van der Waals surface area (Å²) in [5.74, 6) is 0.0747. The molecule has 0 unspecified atom stereocenters. The fourth-order valence-corrected chi connectivity index (χ4v) is 4.15. The minimum atomic E-state index is -3.68. The number of sulfonamides is 1. The summed E-state index contributed by atoms with van der Waals surface area (Å²) in [7, 11) is -2.07. The Morgan fingerprint density at radius 3 is 2.07 bits per heavy atom. The molecule has 0 bridgehead atoms. The summed E-state index contributed by atoms with van der Waals surface area (Å²) in [6.45, 7) is 4.20. The van der Waals surface area contributed by atoms with Gasteiger partial charge in [-0.15, -0.1) is 24.8 Å². The lowest BCUT2D eigenvalue weighted by Gasteiger charge is -2.42. The number of ether oxygens (including phenoxy) is 1. The molecule has 2 heterocycles. The van der Waals surface area contributed by atoms with Crippen molar-refractivity contribution < 1.29 is 17.9 Å². The number of carbonyl (C=O) groups excluding carboxylic acids is 1. The molecule has 0 aliphatic carbocycles. The number of nitrogens with two attached hydrogens (primary N) is 1. The van der Waals surface area contributed by atoms with Crippen LogP contribution in [0.25, 0.3) is 0 Å². The maximum atomic E-state index is 13.0. The average molecular weight is 455 g/mol. The normalized spacial score (nSPS) is 19.4. The van der Waals surface area contributed by atoms with E-state index in [1.165, 1.54) is 12.1 Å². The van der Waals surface area contributed by atoms with Crippen molar-refractivity contribution in [2.75, 3.05) is 51.3 Å². The van der Waals surface area contributed by atoms with Crippen molar-refractivity contribution in [2.24, 2.45) is 5.14 Å². The topological polar surface area (TPSA) is 105 Å². The van der Waals surface area contributed by atoms with E-state index < -0.39 is 15.6 Å². The molecule has 1 aromatic rings. The molecule has 2 fully saturated rings. The Kier molecular flexibility index (Phi) is 8.98. The molecule has 160 valence electrons. The van der Waals surface area contributed by atoms with E-state index in [0.29, 0.717) is 39.0 Å². The van der Waals surface area contributed by atoms with Gasteiger partial charge in [-0.1, -0.05) is 0 Å². The lowest BCUT2D eigenvalue weighted by Crippen LogP contribution is -2.59. The number of nitrogens with zero attached hydrogens (tertiary/aromatic N) is 2. The first kappa shape index (κ1) is 24.9. The van der Waals surface area contributed by atoms with Crippen LogP contribution in [0.4, 0.5) is 5.69 Å². The van der Waals surface area contributed by atoms with Gasteiger partial charge in [0.05, 0.1) is 4.90 Å². The van der Waals surface area contributed by atoms with Crippen molar-refractivity contribution in [1.29, 1.82) is 0 Å². The second kappa shape index (κ2) is 10.1. The highest BCUT2D eigenvalue weighted by atomic mass is 35.5. The Morgan fingerprint density at radius 1 is 1.07 bits per heavy atom. The molecule has 2 aliphatic heterocycles. The van der Waals surface area contributed by atoms with Gasteiger partial charge in [-0.25, -0.2) is 13.6 Å². The van der Waals surface area contributed by atoms with Crippen molar-refractivity contribution in [3.63, 3.8) is 0 Å². The van der Waals surface area contributed by atoms with E-state index in [4.69, 9.17) is 9.88 Å². The number of piperidine rings is 1. The van der Waals surface area contributed by atoms with Gasteiger partial charge in [0.2, 0.25) is 10.0 Å². The highest BCUT2D eigenvalue weighted by Gasteiger charge is 2.42. The van der Waals surface area contributed by atoms with Gasteiger partial charge in [-0.3, -0.25) is 4.79 Å². The fraction of sp³-hybridized carbons (Fsp3) is 0.588. The number of methoxy groups -OCH3 is 1. The van der Waals surface area contributed by atoms with Gasteiger partial charge in [-0.2, -0.15) is 0 Å². The number of rotatable bonds is 4. The molecule has 1 amide bonds. The Morgan fingerprint density at radius 2 is 1.61 bits per heavy atom. The molecule has 0 saturated carbocycles. The third kappa shape index (κ3) is 5.28. The highest BCUT2D eigenvalue weighted by molar-refractivity contribution is 7.89. The third-order valence-electron chi connectivity index (χ3n) is 5.29. The summed E-state index contributed by atoms with van der Waals surface area (Å²) in [6.07, 6.45) is 1.38. The quantitative estimate of drug-likeness (QED) is 0.689. The maximum Gasteiger partial charge on any atom is 0.255 e. The molecule has 8 nitrogen and oxygen atoms in total. The lowest BCUT2D eigenvalue weighted by atomic mass is 9.90. The number of carbonyl (C=O) groups is 1. The van der Waals surface area contributed by atoms with E-state index in [1.807, 2.05) is 4.90 Å². The summed E-state index contributed by atoms with van der Waals surface area (Å²) in [5, 5.41) is 8.40. The summed E-state index contributed by atoms with van der Waals surface area (Å²) in [5.41, 5.74) is 0.220. The number of piperazine rings is 1. The first-order valence-electron chi connectivity index (χ1n) is 8.79. The van der Waals surface area contributed by atoms with Gasteiger partial charge in [0.1, 0.15) is 5.60 Å². The van der Waals surface area contributed by atoms with Gasteiger partial charge >= 0.3 is 0 Å². The van der Waals surface area contributed by atoms with Gasteiger partial charge in [0, 0.05) is 39.0 Å². The summed E-state index contributed by atoms with van der Waals surface area (Å²) >= 11 is 0. The van der Waals surface area contributed by atoms with Crippen LogP contribution in [0.3, 0.4) is 0 Å². The molecule has 0 radical (unpaired) electrons. The summed E-state index contributed by atoms with van der Waals surface area (Å²) < 4.78 is 28.3. The largest absolute Gasteiger partial charge is 0.368 e. The van der Waals surface area contributed by atoms with Crippen LogP contribution in [0.5, 0.6) is 0 Å². The summed E-state index contributed by atoms with van der Waals surface area (Å²) in [6, 6.07) is 6.52. The minimum absolute atomic E-state index is 0. The molecule has 0 aromatic heterocycles. The smallest absolute Gasteiger partial charge is 0.255 e. The van der Waals surface area contributed by atoms with Crippen LogP contribution in [-0.2, 0) is 19.6 Å². The zero-order valence-corrected chi connectivity index (χ0v) is 18.2. The third-order valence-corrected chi connectivity index (χ3v) is 6.22. The Balaban J connectivity index is 0.00000196. The number of hydrogen-bond donors (Lipinski definition) is 2. The van der Waals surface area contributed by atoms with E-state index in [-0.39, 0.29) is 35.6 Å². The van der Waals surface area contributed by atoms with Crippen LogP contribution < -0.4 is 15.4 Å². The Labute approximate surface area is 178 Å². The van der Waals surface area contributed by atoms with E-state index in [1.54, 1.807) is 19.2 Å². The van der Waals surface area contributed by atoms with Gasteiger partial charge < -0.3 is 19.9 Å². The van der Waals surface area contributed by atoms with Crippen molar-refractivity contribution >= 4 is 46.4 Å². The van der Waals surface area contributed by atoms with Crippen LogP contribution in [0.15, 0.2) is 29.2 Å². The minimum Gasteiger partial charge on any atom is -0.368 e. The van der Waals surface area contributed by atoms with E-state index in [2.05, 4.69) is 10.2 Å². The highest BCUT2D eigenvalue weighted by Crippen LogP contribution is 2.26. The molecular formula is C17H28Cl2N4O4S. The zero-order chi connectivity index (χ0) is 18.8. The molecule has 1 aromatic carbocycles. The number of halogens is 2. The number of benzene rings is 1. The van der Waals surface area contributed by atoms with E-state index >= 15 is 0 Å². The number of primary sulfonamides is 1. The second-order valence-corrected chi connectivity index (χ2v) is 8.33. The van der Waals surface area contributed by atoms with Crippen LogP contribution in [0.1, 0.15) is 12.8 Å². The first-order valence-corrected chi connectivity index (χ1v) is 10.3. The van der Waals surface area contributed by atoms with Gasteiger partial charge in [-0.05, 0) is 50.2 Å². The van der Waals surface area contributed by atoms with Crippen molar-refractivity contribution in [3.05, 3.63) is 24.3 Å². The molecule has 3 N–H and O–H groups in total. The number of anilines is 1. The van der Waals surface area contributed by atoms with Crippen molar-refractivity contribution in [2.45, 2.75) is 23.3 Å². The van der Waals surface area contributed by atoms with E-state index in [9.17, 15) is 13.2 Å². The fourth-order valence-electron chi connectivity index (χ4n) is 3.64. The Bertz CT molecular complexity index is 747. The lowest BCUT2D eigenvalue weighted by molar-refractivity contribution is -0.158. The average Bonchev–Trinajstić information content (AvgIpc) is 2.67. The maximum absolute atomic E-state index is 13.0. The van der Waals surface area contributed by atoms with Gasteiger partial charge in [0.15, 0.2) is 0 Å². The number of nitrogens with one attached hydrogen (secondary N) is 1. The summed E-state index contributed by atoms with van der Waals surface area (Å²) in [4.78, 5) is 17.1. The predicted octanol–water partition coefficient (Wildman–Crippen LogP) is 0.595. The SMILES string of the molecule is COC1(C(=O)N2CCN(c3ccc(S(N)(=O)=O)cc3)CC2)CCNCC1.Cl.Cl. The first-order chi connectivity index (χ1) is 12.4. The van der Waals surface area contributed by atoms with Crippen molar-refractivity contribution in [1.82, 2.24) is 10.2 Å². The molecular weight excluding hydrogens is 427 g/mol. The monoisotopic (exact) mass is 454 g/mol. The van der Waals surface area contributed by atoms with Crippen LogP contribution in [-0.4, -0.2) is 71.2 Å². The van der Waals surface area contributed by atoms with Gasteiger partial charge in [0.25, 0.3) is 5.91 Å². The molecule has 28 heavy (non-hydrogen) atoms. The standard InChI is InChI=1S/C17H26N4O4S.2ClH/c1-25-17(6-8-19-9-7-17)16(22)21-12-10-20(11-13-21)14-2-4-15(5-3-14)26(18,23)24;;/h2-5,19H,6-13H2,1H3,(H2,18,23,24);2*1H. The molecule has 2 aliphatic rings. The molecule has 0 spiro atoms. The van der Waals surface area contributed by atoms with Crippen LogP contribution >= 0.6 is 24.8 Å².